The van der Waals surface area contributed by atoms with E-state index in [1.54, 1.807) is 43.3 Å². The fraction of sp³-hybridized carbons (Fsp3) is 0.318. The van der Waals surface area contributed by atoms with Crippen LogP contribution in [0.5, 0.6) is 17.6 Å². The Balaban J connectivity index is 1.36. The Labute approximate surface area is 194 Å². The quantitative estimate of drug-likeness (QED) is 0.627. The van der Waals surface area contributed by atoms with Crippen LogP contribution in [-0.4, -0.2) is 67.9 Å². The number of carbonyl (C=O) groups is 3. The van der Waals surface area contributed by atoms with Crippen LogP contribution in [0.1, 0.15) is 25.3 Å². The number of benzene rings is 1. The van der Waals surface area contributed by atoms with Crippen molar-refractivity contribution in [1.82, 2.24) is 19.8 Å². The lowest BCUT2D eigenvalue weighted by Gasteiger charge is -2.29. The monoisotopic (exact) mass is 470 g/mol. The third-order valence-electron chi connectivity index (χ3n) is 5.18. The summed E-state index contributed by atoms with van der Waals surface area (Å²) in [5.74, 6) is 0.558. The van der Waals surface area contributed by atoms with Gasteiger partial charge in [0.1, 0.15) is 11.9 Å². The Morgan fingerprint density at radius 2 is 1.94 bits per heavy atom. The summed E-state index contributed by atoms with van der Waals surface area (Å²) in [6.07, 6.45) is 3.27. The maximum absolute atomic E-state index is 12.2. The van der Waals surface area contributed by atoms with Crippen LogP contribution in [0.3, 0.4) is 0 Å². The molecule has 2 aliphatic rings. The molecule has 1 N–H and O–H groups in total. The SMILES string of the molecule is CCN1C(=O)SC(=Cc2ccc(Oc3ccnc(OC4CCN(C(=O)O)CC4)n3)cc2)C1=O. The predicted molar refractivity (Wildman–Crippen MR) is 120 cm³/mol. The normalized spacial score (nSPS) is 18.2. The van der Waals surface area contributed by atoms with Gasteiger partial charge in [0.15, 0.2) is 0 Å². The van der Waals surface area contributed by atoms with Crippen LogP contribution in [0.4, 0.5) is 9.59 Å². The van der Waals surface area contributed by atoms with E-state index in [2.05, 4.69) is 9.97 Å². The number of carboxylic acid groups (broad SMARTS) is 1. The van der Waals surface area contributed by atoms with Crippen molar-refractivity contribution in [3.05, 3.63) is 47.0 Å². The number of imide groups is 1. The topological polar surface area (TPSA) is 122 Å². The lowest BCUT2D eigenvalue weighted by Crippen LogP contribution is -2.41. The van der Waals surface area contributed by atoms with Crippen LogP contribution in [0.2, 0.25) is 0 Å². The molecule has 3 heterocycles. The Hall–Kier alpha value is -3.60. The van der Waals surface area contributed by atoms with Gasteiger partial charge >= 0.3 is 12.1 Å². The number of amides is 3. The molecule has 0 radical (unpaired) electrons. The molecule has 0 atom stereocenters. The number of likely N-dealkylation sites (tertiary alicyclic amines) is 1. The number of likely N-dealkylation sites (N-methyl/N-ethyl adjacent to an activating group) is 1. The molecule has 172 valence electrons. The Kier molecular flexibility index (Phi) is 6.78. The van der Waals surface area contributed by atoms with Crippen LogP contribution < -0.4 is 9.47 Å². The predicted octanol–water partition coefficient (Wildman–Crippen LogP) is 3.85. The summed E-state index contributed by atoms with van der Waals surface area (Å²) in [6.45, 7) is 2.93. The molecule has 10 nitrogen and oxygen atoms in total. The minimum absolute atomic E-state index is 0.158. The summed E-state index contributed by atoms with van der Waals surface area (Å²) in [5, 5.41) is 8.77. The molecule has 11 heteroatoms. The van der Waals surface area contributed by atoms with Gasteiger partial charge in [-0.1, -0.05) is 12.1 Å². The van der Waals surface area contributed by atoms with Crippen LogP contribution >= 0.6 is 11.8 Å². The molecule has 1 aromatic carbocycles. The lowest BCUT2D eigenvalue weighted by atomic mass is 10.1. The van der Waals surface area contributed by atoms with E-state index in [-0.39, 0.29) is 23.3 Å². The molecule has 0 spiro atoms. The first-order chi connectivity index (χ1) is 15.9. The Morgan fingerprint density at radius 3 is 2.58 bits per heavy atom. The maximum Gasteiger partial charge on any atom is 0.407 e. The zero-order valence-electron chi connectivity index (χ0n) is 17.8. The minimum Gasteiger partial charge on any atom is -0.465 e. The summed E-state index contributed by atoms with van der Waals surface area (Å²) >= 11 is 0.930. The number of hydrogen-bond acceptors (Lipinski definition) is 8. The van der Waals surface area contributed by atoms with Crippen molar-refractivity contribution in [2.45, 2.75) is 25.9 Å². The van der Waals surface area contributed by atoms with E-state index >= 15 is 0 Å². The van der Waals surface area contributed by atoms with Gasteiger partial charge in [0.25, 0.3) is 11.1 Å². The molecule has 1 aromatic heterocycles. The van der Waals surface area contributed by atoms with Crippen molar-refractivity contribution in [2.75, 3.05) is 19.6 Å². The molecule has 0 saturated carbocycles. The van der Waals surface area contributed by atoms with Gasteiger partial charge in [0.2, 0.25) is 5.88 Å². The van der Waals surface area contributed by atoms with Crippen LogP contribution in [0, 0.1) is 0 Å². The smallest absolute Gasteiger partial charge is 0.407 e. The molecule has 33 heavy (non-hydrogen) atoms. The molecule has 2 aliphatic heterocycles. The first-order valence-corrected chi connectivity index (χ1v) is 11.3. The molecule has 2 fully saturated rings. The zero-order chi connectivity index (χ0) is 23.4. The van der Waals surface area contributed by atoms with Gasteiger partial charge in [-0.3, -0.25) is 14.5 Å². The summed E-state index contributed by atoms with van der Waals surface area (Å²) in [6, 6.07) is 8.81. The standard InChI is InChI=1S/C22H22N4O6S/c1-2-26-19(27)17(33-22(26)30)13-14-3-5-15(6-4-14)31-18-7-10-23-20(24-18)32-16-8-11-25(12-9-16)21(28)29/h3-7,10,13,16H,2,8-9,11-12H2,1H3,(H,28,29). The number of thioether (sulfide) groups is 1. The van der Waals surface area contributed by atoms with E-state index in [1.165, 1.54) is 16.0 Å². The second kappa shape index (κ2) is 9.90. The number of carbonyl (C=O) groups excluding carboxylic acids is 2. The third-order valence-corrected chi connectivity index (χ3v) is 6.09. The highest BCUT2D eigenvalue weighted by molar-refractivity contribution is 8.18. The number of ether oxygens (including phenoxy) is 2. The second-order valence-electron chi connectivity index (χ2n) is 7.36. The third kappa shape index (κ3) is 5.43. The molecule has 2 saturated heterocycles. The summed E-state index contributed by atoms with van der Waals surface area (Å²) < 4.78 is 11.6. The Bertz CT molecular complexity index is 1080. The van der Waals surface area contributed by atoms with Gasteiger partial charge < -0.3 is 19.5 Å². The summed E-state index contributed by atoms with van der Waals surface area (Å²) in [7, 11) is 0. The van der Waals surface area contributed by atoms with Gasteiger partial charge in [0.05, 0.1) is 4.91 Å². The molecule has 0 bridgehead atoms. The van der Waals surface area contributed by atoms with E-state index < -0.39 is 6.09 Å². The molecule has 4 rings (SSSR count). The second-order valence-corrected chi connectivity index (χ2v) is 8.35. The van der Waals surface area contributed by atoms with Crippen molar-refractivity contribution >= 4 is 35.1 Å². The van der Waals surface area contributed by atoms with Gasteiger partial charge in [-0.25, -0.2) is 9.78 Å². The van der Waals surface area contributed by atoms with Gasteiger partial charge in [-0.15, -0.1) is 0 Å². The number of hydrogen-bond donors (Lipinski definition) is 1. The summed E-state index contributed by atoms with van der Waals surface area (Å²) in [5.41, 5.74) is 0.767. The molecule has 0 aliphatic carbocycles. The molecular weight excluding hydrogens is 448 g/mol. The first kappa shape index (κ1) is 22.6. The average Bonchev–Trinajstić information content (AvgIpc) is 3.07. The van der Waals surface area contributed by atoms with Gasteiger partial charge in [-0.2, -0.15) is 4.98 Å². The fourth-order valence-corrected chi connectivity index (χ4v) is 4.33. The number of piperidine rings is 1. The molecule has 3 amide bonds. The van der Waals surface area contributed by atoms with Gasteiger partial charge in [-0.05, 0) is 42.5 Å². The van der Waals surface area contributed by atoms with Crippen molar-refractivity contribution < 1.29 is 29.0 Å². The van der Waals surface area contributed by atoms with E-state index in [1.807, 2.05) is 0 Å². The molecule has 0 unspecified atom stereocenters. The van der Waals surface area contributed by atoms with E-state index in [0.717, 1.165) is 17.3 Å². The van der Waals surface area contributed by atoms with Crippen molar-refractivity contribution in [3.8, 4) is 17.6 Å². The summed E-state index contributed by atoms with van der Waals surface area (Å²) in [4.78, 5) is 46.4. The molecule has 2 aromatic rings. The number of aromatic nitrogens is 2. The Morgan fingerprint density at radius 1 is 1.21 bits per heavy atom. The van der Waals surface area contributed by atoms with Crippen molar-refractivity contribution in [3.63, 3.8) is 0 Å². The highest BCUT2D eigenvalue weighted by Crippen LogP contribution is 2.32. The average molecular weight is 471 g/mol. The number of nitrogens with zero attached hydrogens (tertiary/aromatic N) is 4. The van der Waals surface area contributed by atoms with E-state index in [0.29, 0.717) is 49.0 Å². The van der Waals surface area contributed by atoms with Crippen LogP contribution in [0.25, 0.3) is 6.08 Å². The minimum atomic E-state index is -0.924. The van der Waals surface area contributed by atoms with Crippen molar-refractivity contribution in [1.29, 1.82) is 0 Å². The van der Waals surface area contributed by atoms with E-state index in [4.69, 9.17) is 14.6 Å². The van der Waals surface area contributed by atoms with Crippen molar-refractivity contribution in [2.24, 2.45) is 0 Å². The highest BCUT2D eigenvalue weighted by atomic mass is 32.2. The first-order valence-electron chi connectivity index (χ1n) is 10.4. The number of rotatable bonds is 6. The lowest BCUT2D eigenvalue weighted by molar-refractivity contribution is -0.122. The largest absolute Gasteiger partial charge is 0.465 e. The maximum atomic E-state index is 12.2. The van der Waals surface area contributed by atoms with E-state index in [9.17, 15) is 14.4 Å². The fourth-order valence-electron chi connectivity index (χ4n) is 3.43. The van der Waals surface area contributed by atoms with Gasteiger partial charge in [0, 0.05) is 44.7 Å². The van der Waals surface area contributed by atoms with Crippen LogP contribution in [-0.2, 0) is 4.79 Å². The highest BCUT2D eigenvalue weighted by Gasteiger charge is 2.33. The van der Waals surface area contributed by atoms with Crippen LogP contribution in [0.15, 0.2) is 41.4 Å². The molecular formula is C22H22N4O6S. The zero-order valence-corrected chi connectivity index (χ0v) is 18.7.